The monoisotopic (exact) mass is 254 g/mol. The molecule has 5 nitrogen and oxygen atoms in total. The standard InChI is InChI=1S/C13H26N4O/c1-2-4-15-13(3-1,16-7-5-14-6-8-16)17-9-11-18-12-10-17/h14-15H,1-12H2. The number of hydrogen-bond acceptors (Lipinski definition) is 5. The van der Waals surface area contributed by atoms with Crippen LogP contribution in [0.1, 0.15) is 19.3 Å². The molecular formula is C13H26N4O. The van der Waals surface area contributed by atoms with E-state index in [9.17, 15) is 0 Å². The fourth-order valence-electron chi connectivity index (χ4n) is 3.58. The number of nitrogens with one attached hydrogen (secondary N) is 2. The first kappa shape index (κ1) is 12.8. The molecule has 0 saturated carbocycles. The van der Waals surface area contributed by atoms with E-state index in [4.69, 9.17) is 4.74 Å². The molecule has 0 aromatic carbocycles. The number of nitrogens with zero attached hydrogens (tertiary/aromatic N) is 2. The van der Waals surface area contributed by atoms with Gasteiger partial charge in [-0.05, 0) is 25.8 Å². The third kappa shape index (κ3) is 2.42. The Hall–Kier alpha value is -0.200. The van der Waals surface area contributed by atoms with Crippen LogP contribution in [0.2, 0.25) is 0 Å². The maximum absolute atomic E-state index is 5.52. The third-order valence-corrected chi connectivity index (χ3v) is 4.53. The van der Waals surface area contributed by atoms with Gasteiger partial charge in [0, 0.05) is 39.3 Å². The largest absolute Gasteiger partial charge is 0.379 e. The van der Waals surface area contributed by atoms with Crippen LogP contribution in [-0.4, -0.2) is 74.6 Å². The lowest BCUT2D eigenvalue weighted by Gasteiger charge is -2.55. The molecule has 5 heteroatoms. The predicted octanol–water partition coefficient (Wildman–Crippen LogP) is -0.349. The molecule has 3 aliphatic rings. The van der Waals surface area contributed by atoms with Crippen molar-refractivity contribution in [3.8, 4) is 0 Å². The molecule has 0 aliphatic carbocycles. The van der Waals surface area contributed by atoms with E-state index in [1.165, 1.54) is 19.3 Å². The molecule has 1 unspecified atom stereocenters. The van der Waals surface area contributed by atoms with E-state index in [0.29, 0.717) is 0 Å². The zero-order chi connectivity index (χ0) is 12.3. The van der Waals surface area contributed by atoms with Gasteiger partial charge in [0.05, 0.1) is 13.2 Å². The lowest BCUT2D eigenvalue weighted by molar-refractivity contribution is -0.137. The van der Waals surface area contributed by atoms with Gasteiger partial charge in [0.2, 0.25) is 0 Å². The fraction of sp³-hybridized carbons (Fsp3) is 1.00. The van der Waals surface area contributed by atoms with Crippen molar-refractivity contribution in [1.82, 2.24) is 20.4 Å². The highest BCUT2D eigenvalue weighted by Gasteiger charge is 2.43. The number of ether oxygens (including phenoxy) is 1. The molecule has 104 valence electrons. The summed E-state index contributed by atoms with van der Waals surface area (Å²) in [5, 5.41) is 7.30. The molecule has 3 rings (SSSR count). The van der Waals surface area contributed by atoms with Gasteiger partial charge in [0.15, 0.2) is 0 Å². The van der Waals surface area contributed by atoms with Crippen LogP contribution in [0, 0.1) is 0 Å². The van der Waals surface area contributed by atoms with Crippen LogP contribution in [0.3, 0.4) is 0 Å². The second-order valence-corrected chi connectivity index (χ2v) is 5.54. The van der Waals surface area contributed by atoms with Crippen LogP contribution in [0.15, 0.2) is 0 Å². The van der Waals surface area contributed by atoms with Gasteiger partial charge in [-0.2, -0.15) is 0 Å². The number of piperidine rings is 1. The maximum Gasteiger partial charge on any atom is 0.128 e. The van der Waals surface area contributed by atoms with E-state index in [1.54, 1.807) is 0 Å². The molecule has 0 amide bonds. The summed E-state index contributed by atoms with van der Waals surface area (Å²) in [5.41, 5.74) is 0. The Morgan fingerprint density at radius 1 is 0.833 bits per heavy atom. The molecule has 18 heavy (non-hydrogen) atoms. The van der Waals surface area contributed by atoms with E-state index >= 15 is 0 Å². The normalized spacial score (nSPS) is 36.7. The number of morpholine rings is 1. The zero-order valence-corrected chi connectivity index (χ0v) is 11.3. The Kier molecular flexibility index (Phi) is 4.16. The van der Waals surface area contributed by atoms with E-state index in [-0.39, 0.29) is 5.79 Å². The highest BCUT2D eigenvalue weighted by molar-refractivity contribution is 4.93. The molecule has 3 saturated heterocycles. The van der Waals surface area contributed by atoms with Crippen molar-refractivity contribution in [2.75, 3.05) is 59.0 Å². The first-order valence-corrected chi connectivity index (χ1v) is 7.45. The average Bonchev–Trinajstić information content (AvgIpc) is 2.50. The van der Waals surface area contributed by atoms with Gasteiger partial charge >= 0.3 is 0 Å². The Morgan fingerprint density at radius 3 is 2.22 bits per heavy atom. The van der Waals surface area contributed by atoms with Crippen molar-refractivity contribution in [2.45, 2.75) is 25.0 Å². The maximum atomic E-state index is 5.52. The number of piperazine rings is 1. The van der Waals surface area contributed by atoms with Crippen molar-refractivity contribution < 1.29 is 4.74 Å². The topological polar surface area (TPSA) is 39.8 Å². The van der Waals surface area contributed by atoms with Crippen LogP contribution >= 0.6 is 0 Å². The SMILES string of the molecule is C1CCC(N2CCNCC2)(N2CCOCC2)NC1. The van der Waals surface area contributed by atoms with Gasteiger partial charge in [-0.1, -0.05) is 0 Å². The first-order valence-electron chi connectivity index (χ1n) is 7.45. The van der Waals surface area contributed by atoms with Gasteiger partial charge in [0.25, 0.3) is 0 Å². The van der Waals surface area contributed by atoms with Crippen LogP contribution in [0.5, 0.6) is 0 Å². The summed E-state index contributed by atoms with van der Waals surface area (Å²) in [6.07, 6.45) is 3.92. The first-order chi connectivity index (χ1) is 8.92. The molecule has 3 heterocycles. The summed E-state index contributed by atoms with van der Waals surface area (Å²) in [7, 11) is 0. The molecular weight excluding hydrogens is 228 g/mol. The fourth-order valence-corrected chi connectivity index (χ4v) is 3.58. The van der Waals surface area contributed by atoms with Gasteiger partial charge < -0.3 is 10.1 Å². The number of hydrogen-bond donors (Lipinski definition) is 2. The molecule has 2 N–H and O–H groups in total. The minimum atomic E-state index is 0.115. The lowest BCUT2D eigenvalue weighted by Crippen LogP contribution is -2.73. The summed E-state index contributed by atoms with van der Waals surface area (Å²) in [6, 6.07) is 0. The van der Waals surface area contributed by atoms with Gasteiger partial charge in [0.1, 0.15) is 5.79 Å². The van der Waals surface area contributed by atoms with Crippen LogP contribution in [0.4, 0.5) is 0 Å². The smallest absolute Gasteiger partial charge is 0.128 e. The van der Waals surface area contributed by atoms with Crippen molar-refractivity contribution in [3.63, 3.8) is 0 Å². The molecule has 3 aliphatic heterocycles. The third-order valence-electron chi connectivity index (χ3n) is 4.53. The minimum Gasteiger partial charge on any atom is -0.379 e. The Bertz CT molecular complexity index is 236. The molecule has 0 aromatic heterocycles. The highest BCUT2D eigenvalue weighted by Crippen LogP contribution is 2.28. The average molecular weight is 254 g/mol. The molecule has 1 atom stereocenters. The molecule has 0 aromatic rings. The van der Waals surface area contributed by atoms with Crippen LogP contribution in [-0.2, 0) is 4.74 Å². The molecule has 3 fully saturated rings. The van der Waals surface area contributed by atoms with Crippen LogP contribution < -0.4 is 10.6 Å². The predicted molar refractivity (Wildman–Crippen MR) is 71.4 cm³/mol. The van der Waals surface area contributed by atoms with Gasteiger partial charge in [-0.15, -0.1) is 0 Å². The van der Waals surface area contributed by atoms with Gasteiger partial charge in [-0.3, -0.25) is 15.1 Å². The molecule has 0 spiro atoms. The molecule has 0 bridgehead atoms. The summed E-state index contributed by atoms with van der Waals surface area (Å²) < 4.78 is 5.52. The van der Waals surface area contributed by atoms with E-state index in [0.717, 1.165) is 59.0 Å². The van der Waals surface area contributed by atoms with E-state index in [2.05, 4.69) is 20.4 Å². The summed E-state index contributed by atoms with van der Waals surface area (Å²) in [6.45, 7) is 9.61. The second kappa shape index (κ2) is 5.84. The Balaban J connectivity index is 1.77. The Labute approximate surface area is 110 Å². The summed E-state index contributed by atoms with van der Waals surface area (Å²) in [5.74, 6) is 0.115. The van der Waals surface area contributed by atoms with Crippen molar-refractivity contribution in [3.05, 3.63) is 0 Å². The van der Waals surface area contributed by atoms with Crippen LogP contribution in [0.25, 0.3) is 0 Å². The van der Waals surface area contributed by atoms with E-state index in [1.807, 2.05) is 0 Å². The zero-order valence-electron chi connectivity index (χ0n) is 11.3. The van der Waals surface area contributed by atoms with Crippen molar-refractivity contribution in [1.29, 1.82) is 0 Å². The highest BCUT2D eigenvalue weighted by atomic mass is 16.5. The lowest BCUT2D eigenvalue weighted by atomic mass is 10.0. The Morgan fingerprint density at radius 2 is 1.56 bits per heavy atom. The quantitative estimate of drug-likeness (QED) is 0.705. The van der Waals surface area contributed by atoms with Gasteiger partial charge in [-0.25, -0.2) is 0 Å². The minimum absolute atomic E-state index is 0.115. The second-order valence-electron chi connectivity index (χ2n) is 5.54. The van der Waals surface area contributed by atoms with E-state index < -0.39 is 0 Å². The molecule has 0 radical (unpaired) electrons. The summed E-state index contributed by atoms with van der Waals surface area (Å²) >= 11 is 0. The summed E-state index contributed by atoms with van der Waals surface area (Å²) in [4.78, 5) is 5.29. The van der Waals surface area contributed by atoms with Crippen molar-refractivity contribution >= 4 is 0 Å². The number of rotatable bonds is 2. The van der Waals surface area contributed by atoms with Crippen molar-refractivity contribution in [2.24, 2.45) is 0 Å².